The summed E-state index contributed by atoms with van der Waals surface area (Å²) in [6.45, 7) is 7.27. The molecule has 1 aromatic carbocycles. The quantitative estimate of drug-likeness (QED) is 0.901. The zero-order valence-electron chi connectivity index (χ0n) is 13.7. The normalized spacial score (nSPS) is 21.0. The molecule has 0 spiro atoms. The minimum absolute atomic E-state index is 0.0868. The molecule has 23 heavy (non-hydrogen) atoms. The Labute approximate surface area is 136 Å². The lowest BCUT2D eigenvalue weighted by Crippen LogP contribution is -2.49. The van der Waals surface area contributed by atoms with E-state index in [9.17, 15) is 9.59 Å². The number of amides is 2. The van der Waals surface area contributed by atoms with Gasteiger partial charge in [0.1, 0.15) is 5.75 Å². The number of nitrogens with one attached hydrogen (secondary N) is 1. The van der Waals surface area contributed by atoms with Crippen molar-refractivity contribution in [1.82, 2.24) is 10.2 Å². The van der Waals surface area contributed by atoms with Gasteiger partial charge in [0, 0.05) is 39.1 Å². The fourth-order valence-electron chi connectivity index (χ4n) is 3.03. The highest BCUT2D eigenvalue weighted by atomic mass is 16.5. The van der Waals surface area contributed by atoms with Crippen molar-refractivity contribution < 1.29 is 14.3 Å². The third kappa shape index (κ3) is 3.32. The number of benzene rings is 1. The molecule has 1 N–H and O–H groups in total. The van der Waals surface area contributed by atoms with Crippen LogP contribution in [0.1, 0.15) is 18.9 Å². The largest absolute Gasteiger partial charge is 0.479 e. The van der Waals surface area contributed by atoms with E-state index in [0.717, 1.165) is 37.4 Å². The summed E-state index contributed by atoms with van der Waals surface area (Å²) in [5.74, 6) is 0.723. The summed E-state index contributed by atoms with van der Waals surface area (Å²) >= 11 is 0. The number of hydrogen-bond acceptors (Lipinski definition) is 4. The molecule has 2 heterocycles. The summed E-state index contributed by atoms with van der Waals surface area (Å²) in [5.41, 5.74) is 1.83. The first-order chi connectivity index (χ1) is 11.1. The molecule has 1 unspecified atom stereocenters. The summed E-state index contributed by atoms with van der Waals surface area (Å²) < 4.78 is 5.66. The second-order valence-electron chi connectivity index (χ2n) is 6.10. The lowest BCUT2D eigenvalue weighted by atomic mass is 10.1. The van der Waals surface area contributed by atoms with Crippen molar-refractivity contribution >= 4 is 17.5 Å². The molecular formula is C17H23N3O3. The lowest BCUT2D eigenvalue weighted by molar-refractivity contribution is -0.131. The Morgan fingerprint density at radius 3 is 2.83 bits per heavy atom. The van der Waals surface area contributed by atoms with Gasteiger partial charge in [-0.2, -0.15) is 0 Å². The van der Waals surface area contributed by atoms with Gasteiger partial charge in [-0.15, -0.1) is 0 Å². The van der Waals surface area contributed by atoms with E-state index >= 15 is 0 Å². The molecule has 0 bridgehead atoms. The fraction of sp³-hybridized carbons (Fsp3) is 0.529. The Bertz CT molecular complexity index is 611. The molecule has 1 aromatic rings. The van der Waals surface area contributed by atoms with Gasteiger partial charge in [-0.25, -0.2) is 0 Å². The van der Waals surface area contributed by atoms with E-state index in [1.165, 1.54) is 0 Å². The van der Waals surface area contributed by atoms with Crippen molar-refractivity contribution in [2.24, 2.45) is 0 Å². The minimum Gasteiger partial charge on any atom is -0.479 e. The van der Waals surface area contributed by atoms with Crippen molar-refractivity contribution in [2.75, 3.05) is 37.6 Å². The van der Waals surface area contributed by atoms with E-state index in [2.05, 4.69) is 5.32 Å². The maximum Gasteiger partial charge on any atom is 0.267 e. The molecule has 0 aromatic heterocycles. The monoisotopic (exact) mass is 317 g/mol. The standard InChI is InChI=1S/C17H23N3O3/c1-12-3-4-15-14(11-12)20(17(22)13(2)23-15)8-5-16(21)19-9-6-18-7-10-19/h3-4,11,13,18H,5-10H2,1-2H3. The molecular weight excluding hydrogens is 294 g/mol. The number of carbonyl (C=O) groups is 2. The molecule has 1 saturated heterocycles. The first-order valence-electron chi connectivity index (χ1n) is 8.13. The molecule has 1 fully saturated rings. The Balaban J connectivity index is 1.72. The number of aryl methyl sites for hydroxylation is 1. The maximum absolute atomic E-state index is 12.5. The SMILES string of the molecule is Cc1ccc2c(c1)N(CCC(=O)N1CCNCC1)C(=O)C(C)O2. The van der Waals surface area contributed by atoms with E-state index in [1.54, 1.807) is 11.8 Å². The average Bonchev–Trinajstić information content (AvgIpc) is 2.56. The number of fused-ring (bicyclic) bond motifs is 1. The van der Waals surface area contributed by atoms with Gasteiger partial charge in [0.05, 0.1) is 5.69 Å². The Morgan fingerprint density at radius 1 is 1.35 bits per heavy atom. The maximum atomic E-state index is 12.5. The van der Waals surface area contributed by atoms with Crippen LogP contribution in [0.3, 0.4) is 0 Å². The van der Waals surface area contributed by atoms with Crippen LogP contribution in [0.2, 0.25) is 0 Å². The number of rotatable bonds is 3. The van der Waals surface area contributed by atoms with Crippen LogP contribution in [-0.4, -0.2) is 55.5 Å². The van der Waals surface area contributed by atoms with Crippen molar-refractivity contribution in [3.63, 3.8) is 0 Å². The van der Waals surface area contributed by atoms with Crippen LogP contribution in [-0.2, 0) is 9.59 Å². The topological polar surface area (TPSA) is 61.9 Å². The third-order valence-electron chi connectivity index (χ3n) is 4.34. The van der Waals surface area contributed by atoms with Crippen molar-refractivity contribution in [3.05, 3.63) is 23.8 Å². The van der Waals surface area contributed by atoms with Gasteiger partial charge in [-0.3, -0.25) is 9.59 Å². The summed E-state index contributed by atoms with van der Waals surface area (Å²) in [5, 5.41) is 3.23. The lowest BCUT2D eigenvalue weighted by Gasteiger charge is -2.34. The molecule has 124 valence electrons. The highest BCUT2D eigenvalue weighted by Gasteiger charge is 2.32. The zero-order valence-corrected chi connectivity index (χ0v) is 13.7. The van der Waals surface area contributed by atoms with Crippen LogP contribution in [0.5, 0.6) is 5.75 Å². The number of carbonyl (C=O) groups excluding carboxylic acids is 2. The molecule has 1 atom stereocenters. The van der Waals surface area contributed by atoms with Gasteiger partial charge in [0.15, 0.2) is 6.10 Å². The van der Waals surface area contributed by atoms with Gasteiger partial charge in [-0.1, -0.05) is 6.07 Å². The van der Waals surface area contributed by atoms with Gasteiger partial charge in [-0.05, 0) is 31.5 Å². The summed E-state index contributed by atoms with van der Waals surface area (Å²) in [7, 11) is 0. The van der Waals surface area contributed by atoms with E-state index in [1.807, 2.05) is 30.0 Å². The second kappa shape index (κ2) is 6.58. The summed E-state index contributed by atoms with van der Waals surface area (Å²) in [6, 6.07) is 5.79. The van der Waals surface area contributed by atoms with E-state index in [0.29, 0.717) is 18.7 Å². The first-order valence-corrected chi connectivity index (χ1v) is 8.13. The van der Waals surface area contributed by atoms with Crippen molar-refractivity contribution in [2.45, 2.75) is 26.4 Å². The summed E-state index contributed by atoms with van der Waals surface area (Å²) in [4.78, 5) is 28.3. The van der Waals surface area contributed by atoms with E-state index < -0.39 is 6.10 Å². The van der Waals surface area contributed by atoms with Crippen LogP contribution >= 0.6 is 0 Å². The zero-order chi connectivity index (χ0) is 16.4. The van der Waals surface area contributed by atoms with Gasteiger partial charge in [0.25, 0.3) is 5.91 Å². The summed E-state index contributed by atoms with van der Waals surface area (Å²) in [6.07, 6.45) is -0.175. The number of piperazine rings is 1. The Morgan fingerprint density at radius 2 is 2.09 bits per heavy atom. The molecule has 2 aliphatic heterocycles. The molecule has 6 heteroatoms. The predicted molar refractivity (Wildman–Crippen MR) is 87.7 cm³/mol. The molecule has 2 amide bonds. The molecule has 0 aliphatic carbocycles. The average molecular weight is 317 g/mol. The number of nitrogens with zero attached hydrogens (tertiary/aromatic N) is 2. The van der Waals surface area contributed by atoms with Crippen LogP contribution in [0, 0.1) is 6.92 Å². The highest BCUT2D eigenvalue weighted by molar-refractivity contribution is 6.00. The highest BCUT2D eigenvalue weighted by Crippen LogP contribution is 2.34. The minimum atomic E-state index is -0.514. The number of ether oxygens (including phenoxy) is 1. The number of anilines is 1. The number of hydrogen-bond donors (Lipinski definition) is 1. The molecule has 2 aliphatic rings. The third-order valence-corrected chi connectivity index (χ3v) is 4.34. The molecule has 6 nitrogen and oxygen atoms in total. The Hall–Kier alpha value is -2.08. The van der Waals surface area contributed by atoms with Crippen LogP contribution in [0.25, 0.3) is 0 Å². The first kappa shape index (κ1) is 15.8. The smallest absolute Gasteiger partial charge is 0.267 e. The van der Waals surface area contributed by atoms with Gasteiger partial charge in [0.2, 0.25) is 5.91 Å². The van der Waals surface area contributed by atoms with Crippen molar-refractivity contribution in [1.29, 1.82) is 0 Å². The van der Waals surface area contributed by atoms with Gasteiger partial charge < -0.3 is 19.9 Å². The van der Waals surface area contributed by atoms with Gasteiger partial charge >= 0.3 is 0 Å². The van der Waals surface area contributed by atoms with E-state index in [4.69, 9.17) is 4.74 Å². The predicted octanol–water partition coefficient (Wildman–Crippen LogP) is 0.931. The van der Waals surface area contributed by atoms with Crippen LogP contribution in [0.15, 0.2) is 18.2 Å². The van der Waals surface area contributed by atoms with Crippen molar-refractivity contribution in [3.8, 4) is 5.75 Å². The molecule has 0 radical (unpaired) electrons. The fourth-order valence-corrected chi connectivity index (χ4v) is 3.03. The molecule has 0 saturated carbocycles. The Kier molecular flexibility index (Phi) is 4.52. The second-order valence-corrected chi connectivity index (χ2v) is 6.10. The van der Waals surface area contributed by atoms with Crippen LogP contribution in [0.4, 0.5) is 5.69 Å². The molecule has 3 rings (SSSR count). The van der Waals surface area contributed by atoms with Crippen LogP contribution < -0.4 is 15.0 Å². The van der Waals surface area contributed by atoms with E-state index in [-0.39, 0.29) is 11.8 Å².